The van der Waals surface area contributed by atoms with Gasteiger partial charge >= 0.3 is 0 Å². The maximum absolute atomic E-state index is 13.0. The predicted octanol–water partition coefficient (Wildman–Crippen LogP) is 4.26. The van der Waals surface area contributed by atoms with Crippen LogP contribution in [0.4, 0.5) is 0 Å². The predicted molar refractivity (Wildman–Crippen MR) is 101 cm³/mol. The number of carbonyl (C=O) groups is 1. The van der Waals surface area contributed by atoms with E-state index in [9.17, 15) is 13.2 Å². The van der Waals surface area contributed by atoms with Crippen LogP contribution >= 0.6 is 34.8 Å². The van der Waals surface area contributed by atoms with E-state index in [1.54, 1.807) is 6.07 Å². The maximum Gasteiger partial charge on any atom is 0.257 e. The highest BCUT2D eigenvalue weighted by Gasteiger charge is 2.39. The number of benzene rings is 2. The minimum absolute atomic E-state index is 0.188. The zero-order valence-corrected chi connectivity index (χ0v) is 16.9. The molecule has 0 saturated heterocycles. The van der Waals surface area contributed by atoms with Crippen LogP contribution in [0.5, 0.6) is 5.75 Å². The van der Waals surface area contributed by atoms with Crippen molar-refractivity contribution in [3.63, 3.8) is 0 Å². The molecule has 1 atom stereocenters. The molecule has 2 aromatic carbocycles. The van der Waals surface area contributed by atoms with Gasteiger partial charge < -0.3 is 9.64 Å². The molecule has 2 aromatic rings. The third-order valence-corrected chi connectivity index (χ3v) is 7.06. The first-order chi connectivity index (χ1) is 12.2. The van der Waals surface area contributed by atoms with Gasteiger partial charge in [0.15, 0.2) is 9.84 Å². The highest BCUT2D eigenvalue weighted by Crippen LogP contribution is 2.39. The summed E-state index contributed by atoms with van der Waals surface area (Å²) in [5, 5.41) is 0.855. The zero-order chi connectivity index (χ0) is 19.2. The molecule has 138 valence electrons. The fourth-order valence-corrected chi connectivity index (χ4v) is 5.29. The van der Waals surface area contributed by atoms with E-state index in [1.165, 1.54) is 43.3 Å². The summed E-state index contributed by atoms with van der Waals surface area (Å²) in [6.07, 6.45) is 0. The summed E-state index contributed by atoms with van der Waals surface area (Å²) in [6.45, 7) is 0. The van der Waals surface area contributed by atoms with Crippen LogP contribution in [0.15, 0.2) is 35.2 Å². The molecule has 0 N–H and O–H groups in total. The van der Waals surface area contributed by atoms with Crippen molar-refractivity contribution in [3.8, 4) is 5.75 Å². The Bertz CT molecular complexity index is 1010. The second-order valence-electron chi connectivity index (χ2n) is 5.86. The topological polar surface area (TPSA) is 63.7 Å². The molecule has 26 heavy (non-hydrogen) atoms. The Hall–Kier alpha value is -1.47. The fourth-order valence-electron chi connectivity index (χ4n) is 2.97. The number of halogens is 3. The molecule has 0 aromatic heterocycles. The number of ether oxygens (including phenoxy) is 1. The van der Waals surface area contributed by atoms with Crippen molar-refractivity contribution in [3.05, 3.63) is 56.5 Å². The van der Waals surface area contributed by atoms with E-state index in [-0.39, 0.29) is 32.0 Å². The monoisotopic (exact) mass is 433 g/mol. The minimum atomic E-state index is -3.49. The number of carbonyl (C=O) groups excluding carboxylic acids is 1. The molecule has 0 fully saturated rings. The van der Waals surface area contributed by atoms with Crippen LogP contribution in [0.1, 0.15) is 22.0 Å². The molecule has 0 bridgehead atoms. The van der Waals surface area contributed by atoms with Crippen molar-refractivity contribution in [1.82, 2.24) is 4.90 Å². The van der Waals surface area contributed by atoms with Crippen LogP contribution in [0.3, 0.4) is 0 Å². The molecule has 0 radical (unpaired) electrons. The summed E-state index contributed by atoms with van der Waals surface area (Å²) in [6, 6.07) is 6.74. The third kappa shape index (κ3) is 3.27. The summed E-state index contributed by atoms with van der Waals surface area (Å²) < 4.78 is 30.0. The SMILES string of the molecule is COc1cc(Cl)c(Cl)cc1C(=O)N(C)C1CS(=O)(=O)c2ccc(Cl)cc21. The number of amides is 1. The molecule has 5 nitrogen and oxygen atoms in total. The van der Waals surface area contributed by atoms with Gasteiger partial charge in [-0.15, -0.1) is 0 Å². The van der Waals surface area contributed by atoms with Gasteiger partial charge in [-0.1, -0.05) is 34.8 Å². The lowest BCUT2D eigenvalue weighted by Gasteiger charge is -2.25. The minimum Gasteiger partial charge on any atom is -0.496 e. The molecule has 1 unspecified atom stereocenters. The van der Waals surface area contributed by atoms with Crippen LogP contribution in [-0.4, -0.2) is 39.1 Å². The summed E-state index contributed by atoms with van der Waals surface area (Å²) >= 11 is 18.0. The Balaban J connectivity index is 2.04. The van der Waals surface area contributed by atoms with E-state index in [2.05, 4.69) is 0 Å². The summed E-state index contributed by atoms with van der Waals surface area (Å²) in [7, 11) is -0.557. The Labute approximate surface area is 166 Å². The van der Waals surface area contributed by atoms with Crippen molar-refractivity contribution in [2.75, 3.05) is 19.9 Å². The van der Waals surface area contributed by atoms with E-state index in [0.29, 0.717) is 10.6 Å². The summed E-state index contributed by atoms with van der Waals surface area (Å²) in [4.78, 5) is 14.5. The Morgan fingerprint density at radius 3 is 2.46 bits per heavy atom. The molecule has 0 saturated carbocycles. The van der Waals surface area contributed by atoms with Gasteiger partial charge in [0.1, 0.15) is 5.75 Å². The van der Waals surface area contributed by atoms with Gasteiger partial charge in [-0.05, 0) is 29.8 Å². The highest BCUT2D eigenvalue weighted by molar-refractivity contribution is 7.91. The van der Waals surface area contributed by atoms with Crippen molar-refractivity contribution in [1.29, 1.82) is 0 Å². The molecular formula is C17H14Cl3NO4S. The van der Waals surface area contributed by atoms with Crippen molar-refractivity contribution >= 4 is 50.5 Å². The lowest BCUT2D eigenvalue weighted by molar-refractivity contribution is 0.0742. The van der Waals surface area contributed by atoms with E-state index in [4.69, 9.17) is 39.5 Å². The van der Waals surface area contributed by atoms with Gasteiger partial charge in [0.2, 0.25) is 0 Å². The first-order valence-corrected chi connectivity index (χ1v) is 10.3. The quantitative estimate of drug-likeness (QED) is 0.724. The molecule has 0 spiro atoms. The van der Waals surface area contributed by atoms with Crippen LogP contribution < -0.4 is 4.74 Å². The second-order valence-corrected chi connectivity index (χ2v) is 9.12. The summed E-state index contributed by atoms with van der Waals surface area (Å²) in [5.74, 6) is -0.397. The molecule has 1 aliphatic heterocycles. The van der Waals surface area contributed by atoms with Gasteiger partial charge in [0, 0.05) is 18.1 Å². The van der Waals surface area contributed by atoms with E-state index < -0.39 is 21.8 Å². The Morgan fingerprint density at radius 2 is 1.81 bits per heavy atom. The van der Waals surface area contributed by atoms with E-state index in [0.717, 1.165) is 0 Å². The molecule has 9 heteroatoms. The Morgan fingerprint density at radius 1 is 1.15 bits per heavy atom. The normalized spacial score (nSPS) is 17.7. The van der Waals surface area contributed by atoms with Crippen LogP contribution in [-0.2, 0) is 9.84 Å². The molecule has 1 heterocycles. The number of hydrogen-bond donors (Lipinski definition) is 0. The standard InChI is InChI=1S/C17H14Cl3NO4S/c1-21(17(22)11-6-12(19)13(20)7-15(11)25-2)14-8-26(23,24)16-4-3-9(18)5-10(14)16/h3-7,14H,8H2,1-2H3. The average molecular weight is 435 g/mol. The van der Waals surface area contributed by atoms with Crippen LogP contribution in [0, 0.1) is 0 Å². The smallest absolute Gasteiger partial charge is 0.257 e. The van der Waals surface area contributed by atoms with Gasteiger partial charge in [0.25, 0.3) is 5.91 Å². The highest BCUT2D eigenvalue weighted by atomic mass is 35.5. The van der Waals surface area contributed by atoms with Gasteiger partial charge in [-0.3, -0.25) is 4.79 Å². The molecular weight excluding hydrogens is 421 g/mol. The van der Waals surface area contributed by atoms with Crippen LogP contribution in [0.2, 0.25) is 15.1 Å². The lowest BCUT2D eigenvalue weighted by Crippen LogP contribution is -2.32. The molecule has 1 amide bonds. The second kappa shape index (κ2) is 6.93. The number of fused-ring (bicyclic) bond motifs is 1. The molecule has 0 aliphatic carbocycles. The van der Waals surface area contributed by atoms with Gasteiger partial charge in [-0.25, -0.2) is 8.42 Å². The van der Waals surface area contributed by atoms with Crippen molar-refractivity contribution in [2.45, 2.75) is 10.9 Å². The fraction of sp³-hybridized carbons (Fsp3) is 0.235. The Kier molecular flexibility index (Phi) is 5.14. The van der Waals surface area contributed by atoms with Crippen molar-refractivity contribution in [2.24, 2.45) is 0 Å². The third-order valence-electron chi connectivity index (χ3n) is 4.30. The van der Waals surface area contributed by atoms with E-state index in [1.807, 2.05) is 0 Å². The summed E-state index contributed by atoms with van der Waals surface area (Å²) in [5.41, 5.74) is 0.685. The van der Waals surface area contributed by atoms with Crippen LogP contribution in [0.25, 0.3) is 0 Å². The number of sulfone groups is 1. The number of rotatable bonds is 3. The lowest BCUT2D eigenvalue weighted by atomic mass is 10.1. The number of nitrogens with zero attached hydrogens (tertiary/aromatic N) is 1. The first kappa shape index (κ1) is 19.3. The first-order valence-electron chi connectivity index (χ1n) is 7.48. The van der Waals surface area contributed by atoms with Gasteiger partial charge in [-0.2, -0.15) is 0 Å². The number of hydrogen-bond acceptors (Lipinski definition) is 4. The zero-order valence-electron chi connectivity index (χ0n) is 13.8. The average Bonchev–Trinajstić information content (AvgIpc) is 2.86. The number of methoxy groups -OCH3 is 1. The van der Waals surface area contributed by atoms with E-state index >= 15 is 0 Å². The maximum atomic E-state index is 13.0. The van der Waals surface area contributed by atoms with Crippen molar-refractivity contribution < 1.29 is 17.9 Å². The molecule has 1 aliphatic rings. The van der Waals surface area contributed by atoms with Gasteiger partial charge in [0.05, 0.1) is 39.4 Å². The largest absolute Gasteiger partial charge is 0.496 e. The molecule has 3 rings (SSSR count).